The molecule has 2 heteroatoms. The van der Waals surface area contributed by atoms with Gasteiger partial charge in [-0.25, -0.2) is 0 Å². The minimum atomic E-state index is 0.218. The second kappa shape index (κ2) is 4.96. The third-order valence-corrected chi connectivity index (χ3v) is 3.53. The molecule has 0 aliphatic heterocycles. The number of para-hydroxylation sites is 1. The van der Waals surface area contributed by atoms with E-state index in [-0.39, 0.29) is 11.5 Å². The summed E-state index contributed by atoms with van der Waals surface area (Å²) in [6.45, 7) is 8.09. The van der Waals surface area contributed by atoms with Gasteiger partial charge < -0.3 is 10.2 Å². The van der Waals surface area contributed by atoms with Crippen LogP contribution in [0, 0.1) is 13.8 Å². The Labute approximate surface area is 114 Å². The lowest BCUT2D eigenvalue weighted by atomic mass is 9.92. The zero-order chi connectivity index (χ0) is 14.2. The molecular weight excluding hydrogens is 236 g/mol. The van der Waals surface area contributed by atoms with Gasteiger partial charge in [0.05, 0.1) is 0 Å². The smallest absolute Gasteiger partial charge is 0.126 e. The van der Waals surface area contributed by atoms with Crippen molar-refractivity contribution < 1.29 is 10.2 Å². The van der Waals surface area contributed by atoms with Crippen molar-refractivity contribution in [1.29, 1.82) is 0 Å². The van der Waals surface area contributed by atoms with E-state index >= 15 is 0 Å². The number of aryl methyl sites for hydroxylation is 2. The molecular formula is C17H20O2. The lowest BCUT2D eigenvalue weighted by molar-refractivity contribution is 0.466. The quantitative estimate of drug-likeness (QED) is 0.830. The molecule has 2 nitrogen and oxygen atoms in total. The van der Waals surface area contributed by atoms with Crippen molar-refractivity contribution in [2.75, 3.05) is 0 Å². The summed E-state index contributed by atoms with van der Waals surface area (Å²) >= 11 is 0. The molecule has 2 aromatic rings. The Kier molecular flexibility index (Phi) is 3.52. The zero-order valence-corrected chi connectivity index (χ0v) is 11.9. The van der Waals surface area contributed by atoms with Crippen LogP contribution in [0.4, 0.5) is 0 Å². The van der Waals surface area contributed by atoms with Crippen LogP contribution in [0.2, 0.25) is 0 Å². The molecule has 0 radical (unpaired) electrons. The molecule has 0 saturated heterocycles. The van der Waals surface area contributed by atoms with Crippen LogP contribution in [0.3, 0.4) is 0 Å². The van der Waals surface area contributed by atoms with Crippen LogP contribution in [-0.2, 0) is 0 Å². The molecule has 0 heterocycles. The molecule has 0 fully saturated rings. The van der Waals surface area contributed by atoms with E-state index in [9.17, 15) is 10.2 Å². The topological polar surface area (TPSA) is 40.5 Å². The van der Waals surface area contributed by atoms with Gasteiger partial charge in [0, 0.05) is 11.1 Å². The lowest BCUT2D eigenvalue weighted by Gasteiger charge is -2.15. The minimum Gasteiger partial charge on any atom is -0.507 e. The molecule has 0 aromatic heterocycles. The summed E-state index contributed by atoms with van der Waals surface area (Å²) < 4.78 is 0. The highest BCUT2D eigenvalue weighted by molar-refractivity contribution is 5.77. The summed E-state index contributed by atoms with van der Waals surface area (Å²) in [6, 6.07) is 9.31. The van der Waals surface area contributed by atoms with Gasteiger partial charge in [-0.1, -0.05) is 32.0 Å². The van der Waals surface area contributed by atoms with Gasteiger partial charge >= 0.3 is 0 Å². The van der Waals surface area contributed by atoms with Gasteiger partial charge in [-0.05, 0) is 48.6 Å². The molecule has 0 amide bonds. The van der Waals surface area contributed by atoms with Crippen LogP contribution in [0.1, 0.15) is 36.5 Å². The first kappa shape index (κ1) is 13.5. The highest BCUT2D eigenvalue weighted by Gasteiger charge is 2.14. The molecule has 2 N–H and O–H groups in total. The molecule has 0 aliphatic rings. The Morgan fingerprint density at radius 1 is 0.895 bits per heavy atom. The first-order chi connectivity index (χ1) is 8.91. The van der Waals surface area contributed by atoms with Crippen molar-refractivity contribution in [2.24, 2.45) is 0 Å². The average molecular weight is 256 g/mol. The van der Waals surface area contributed by atoms with E-state index in [0.29, 0.717) is 17.0 Å². The maximum atomic E-state index is 10.2. The summed E-state index contributed by atoms with van der Waals surface area (Å²) in [5.74, 6) is 0.816. The molecule has 2 aromatic carbocycles. The molecule has 0 bridgehead atoms. The van der Waals surface area contributed by atoms with E-state index in [2.05, 4.69) is 13.8 Å². The van der Waals surface area contributed by atoms with Gasteiger partial charge in [-0.15, -0.1) is 0 Å². The highest BCUT2D eigenvalue weighted by Crippen LogP contribution is 2.39. The fraction of sp³-hybridized carbons (Fsp3) is 0.294. The van der Waals surface area contributed by atoms with E-state index in [4.69, 9.17) is 0 Å². The van der Waals surface area contributed by atoms with Crippen LogP contribution in [0.25, 0.3) is 11.1 Å². The van der Waals surface area contributed by atoms with Gasteiger partial charge in [-0.3, -0.25) is 0 Å². The summed E-state index contributed by atoms with van der Waals surface area (Å²) in [6.07, 6.45) is 0. The summed E-state index contributed by atoms with van der Waals surface area (Å²) in [4.78, 5) is 0. The molecule has 0 spiro atoms. The SMILES string of the molecule is Cc1cc(-c2cccc(C)c2O)c(O)cc1C(C)C. The highest BCUT2D eigenvalue weighted by atomic mass is 16.3. The van der Waals surface area contributed by atoms with E-state index in [1.165, 1.54) is 0 Å². The van der Waals surface area contributed by atoms with E-state index in [1.807, 2.05) is 38.1 Å². The van der Waals surface area contributed by atoms with Crippen LogP contribution < -0.4 is 0 Å². The average Bonchev–Trinajstić information content (AvgIpc) is 2.35. The number of phenolic OH excluding ortho intramolecular Hbond substituents is 2. The predicted octanol–water partition coefficient (Wildman–Crippen LogP) is 4.51. The number of aromatic hydroxyl groups is 2. The molecule has 19 heavy (non-hydrogen) atoms. The van der Waals surface area contributed by atoms with Crippen molar-refractivity contribution in [3.05, 3.63) is 47.0 Å². The van der Waals surface area contributed by atoms with Crippen molar-refractivity contribution >= 4 is 0 Å². The van der Waals surface area contributed by atoms with E-state index in [1.54, 1.807) is 6.07 Å². The zero-order valence-electron chi connectivity index (χ0n) is 11.9. The Bertz CT molecular complexity index is 613. The van der Waals surface area contributed by atoms with Crippen molar-refractivity contribution in [1.82, 2.24) is 0 Å². The van der Waals surface area contributed by atoms with Crippen molar-refractivity contribution in [3.8, 4) is 22.6 Å². The Hall–Kier alpha value is -1.96. The van der Waals surface area contributed by atoms with Gasteiger partial charge in [-0.2, -0.15) is 0 Å². The number of hydrogen-bond donors (Lipinski definition) is 2. The van der Waals surface area contributed by atoms with Gasteiger partial charge in [0.1, 0.15) is 11.5 Å². The van der Waals surface area contributed by atoms with Crippen LogP contribution >= 0.6 is 0 Å². The first-order valence-electron chi connectivity index (χ1n) is 6.54. The molecule has 100 valence electrons. The number of hydrogen-bond acceptors (Lipinski definition) is 2. The van der Waals surface area contributed by atoms with Crippen LogP contribution in [-0.4, -0.2) is 10.2 Å². The molecule has 2 rings (SSSR count). The largest absolute Gasteiger partial charge is 0.507 e. The molecule has 0 atom stereocenters. The Balaban J connectivity index is 2.64. The van der Waals surface area contributed by atoms with Gasteiger partial charge in [0.2, 0.25) is 0 Å². The minimum absolute atomic E-state index is 0.218. The third-order valence-electron chi connectivity index (χ3n) is 3.53. The number of phenols is 2. The summed E-state index contributed by atoms with van der Waals surface area (Å²) in [5.41, 5.74) is 4.43. The van der Waals surface area contributed by atoms with Crippen molar-refractivity contribution in [2.45, 2.75) is 33.6 Å². The number of benzene rings is 2. The normalized spacial score (nSPS) is 11.0. The summed E-state index contributed by atoms with van der Waals surface area (Å²) in [5, 5.41) is 20.4. The second-order valence-electron chi connectivity index (χ2n) is 5.35. The first-order valence-corrected chi connectivity index (χ1v) is 6.54. The van der Waals surface area contributed by atoms with Gasteiger partial charge in [0.25, 0.3) is 0 Å². The molecule has 0 saturated carbocycles. The summed E-state index contributed by atoms with van der Waals surface area (Å²) in [7, 11) is 0. The molecule has 0 unspecified atom stereocenters. The lowest BCUT2D eigenvalue weighted by Crippen LogP contribution is -1.93. The molecule has 0 aliphatic carbocycles. The van der Waals surface area contributed by atoms with E-state index in [0.717, 1.165) is 16.7 Å². The van der Waals surface area contributed by atoms with Crippen LogP contribution in [0.15, 0.2) is 30.3 Å². The third kappa shape index (κ3) is 2.43. The number of rotatable bonds is 2. The monoisotopic (exact) mass is 256 g/mol. The second-order valence-corrected chi connectivity index (χ2v) is 5.35. The van der Waals surface area contributed by atoms with Crippen molar-refractivity contribution in [3.63, 3.8) is 0 Å². The van der Waals surface area contributed by atoms with E-state index < -0.39 is 0 Å². The fourth-order valence-corrected chi connectivity index (χ4v) is 2.43. The maximum absolute atomic E-state index is 10.2. The predicted molar refractivity (Wildman–Crippen MR) is 78.8 cm³/mol. The standard InChI is InChI=1S/C17H20O2/c1-10(2)14-9-16(18)15(8-12(14)4)13-7-5-6-11(3)17(13)19/h5-10,18-19H,1-4H3. The Morgan fingerprint density at radius 3 is 2.21 bits per heavy atom. The maximum Gasteiger partial charge on any atom is 0.126 e. The van der Waals surface area contributed by atoms with Crippen LogP contribution in [0.5, 0.6) is 11.5 Å². The Morgan fingerprint density at radius 2 is 1.58 bits per heavy atom. The van der Waals surface area contributed by atoms with Gasteiger partial charge in [0.15, 0.2) is 0 Å². The fourth-order valence-electron chi connectivity index (χ4n) is 2.43.